The first-order valence-corrected chi connectivity index (χ1v) is 4.80. The Hall–Kier alpha value is -1.51. The molecule has 0 saturated heterocycles. The van der Waals surface area contributed by atoms with Crippen LogP contribution in [-0.4, -0.2) is 17.6 Å². The highest BCUT2D eigenvalue weighted by Crippen LogP contribution is 2.01. The summed E-state index contributed by atoms with van der Waals surface area (Å²) in [5.74, 6) is 0. The highest BCUT2D eigenvalue weighted by molar-refractivity contribution is 6.32. The molecule has 0 aliphatic carbocycles. The van der Waals surface area contributed by atoms with Gasteiger partial charge in [-0.05, 0) is 17.9 Å². The summed E-state index contributed by atoms with van der Waals surface area (Å²) in [4.78, 5) is 0. The van der Waals surface area contributed by atoms with E-state index in [0.29, 0.717) is 0 Å². The van der Waals surface area contributed by atoms with E-state index in [4.69, 9.17) is 0 Å². The molecule has 1 aromatic heterocycles. The lowest BCUT2D eigenvalue weighted by Gasteiger charge is -2.00. The van der Waals surface area contributed by atoms with Crippen molar-refractivity contribution in [3.8, 4) is 0 Å². The van der Waals surface area contributed by atoms with Crippen molar-refractivity contribution in [2.75, 3.05) is 0 Å². The van der Waals surface area contributed by atoms with Crippen LogP contribution in [-0.2, 0) is 6.54 Å². The minimum Gasteiger partial charge on any atom is -0.269 e. The second kappa shape index (κ2) is 3.70. The van der Waals surface area contributed by atoms with Gasteiger partial charge in [-0.25, -0.2) is 0 Å². The smallest absolute Gasteiger partial charge is 0.143 e. The van der Waals surface area contributed by atoms with Gasteiger partial charge in [-0.1, -0.05) is 30.3 Å². The first-order chi connectivity index (χ1) is 6.75. The van der Waals surface area contributed by atoms with Gasteiger partial charge >= 0.3 is 0 Å². The molecule has 0 bridgehead atoms. The predicted molar refractivity (Wildman–Crippen MR) is 60.7 cm³/mol. The molecule has 0 radical (unpaired) electrons. The summed E-state index contributed by atoms with van der Waals surface area (Å²) in [5, 5.41) is 4.42. The van der Waals surface area contributed by atoms with Gasteiger partial charge in [0.05, 0.1) is 12.2 Å². The topological polar surface area (TPSA) is 17.8 Å². The molecular formula is C11H13BN2. The van der Waals surface area contributed by atoms with Crippen LogP contribution in [0.25, 0.3) is 0 Å². The van der Waals surface area contributed by atoms with Crippen molar-refractivity contribution in [3.63, 3.8) is 0 Å². The van der Waals surface area contributed by atoms with Gasteiger partial charge in [-0.2, -0.15) is 5.10 Å². The van der Waals surface area contributed by atoms with Crippen LogP contribution in [0.1, 0.15) is 11.3 Å². The van der Waals surface area contributed by atoms with Gasteiger partial charge in [0.15, 0.2) is 0 Å². The Balaban J connectivity index is 2.19. The Kier molecular flexibility index (Phi) is 2.40. The Bertz CT molecular complexity index is 401. The van der Waals surface area contributed by atoms with E-state index in [1.807, 2.05) is 17.7 Å². The maximum Gasteiger partial charge on any atom is 0.143 e. The van der Waals surface area contributed by atoms with Crippen LogP contribution in [0.3, 0.4) is 0 Å². The Morgan fingerprint density at radius 1 is 1.29 bits per heavy atom. The molecule has 0 N–H and O–H groups in total. The first kappa shape index (κ1) is 9.07. The van der Waals surface area contributed by atoms with Crippen LogP contribution in [0, 0.1) is 6.92 Å². The fraction of sp³-hybridized carbons (Fsp3) is 0.182. The molecule has 0 unspecified atom stereocenters. The van der Waals surface area contributed by atoms with Gasteiger partial charge in [0.25, 0.3) is 0 Å². The van der Waals surface area contributed by atoms with Gasteiger partial charge in [0, 0.05) is 6.20 Å². The van der Waals surface area contributed by atoms with Crippen LogP contribution in [0.2, 0.25) is 0 Å². The molecule has 0 amide bonds. The van der Waals surface area contributed by atoms with Crippen molar-refractivity contribution >= 4 is 13.3 Å². The fourth-order valence-corrected chi connectivity index (χ4v) is 1.47. The predicted octanol–water partition coefficient (Wildman–Crippen LogP) is 0.498. The van der Waals surface area contributed by atoms with Gasteiger partial charge < -0.3 is 0 Å². The van der Waals surface area contributed by atoms with Crippen LogP contribution in [0.15, 0.2) is 36.5 Å². The normalized spacial score (nSPS) is 10.4. The van der Waals surface area contributed by atoms with Crippen molar-refractivity contribution in [2.24, 2.45) is 0 Å². The number of rotatable bonds is 2. The maximum atomic E-state index is 4.42. The molecular weight excluding hydrogens is 171 g/mol. The summed E-state index contributed by atoms with van der Waals surface area (Å²) in [6.45, 7) is 2.90. The zero-order valence-electron chi connectivity index (χ0n) is 8.57. The standard InChI is InChI=1S/C11H13BN2/c1-9-11(12)8-14(13-9)7-10-5-3-2-4-6-10/h2-6,8H,7,12H2,1H3. The molecule has 0 spiro atoms. The third kappa shape index (κ3) is 1.87. The number of nitrogens with zero attached hydrogens (tertiary/aromatic N) is 2. The molecule has 3 heteroatoms. The molecule has 0 aliphatic rings. The molecule has 1 aromatic carbocycles. The molecule has 0 saturated carbocycles. The Morgan fingerprint density at radius 2 is 2.00 bits per heavy atom. The van der Waals surface area contributed by atoms with E-state index in [9.17, 15) is 0 Å². The second-order valence-corrected chi connectivity index (χ2v) is 3.58. The third-order valence-corrected chi connectivity index (χ3v) is 2.38. The maximum absolute atomic E-state index is 4.42. The molecule has 0 atom stereocenters. The average Bonchev–Trinajstić information content (AvgIpc) is 2.47. The lowest BCUT2D eigenvalue weighted by Crippen LogP contribution is -2.02. The summed E-state index contributed by atoms with van der Waals surface area (Å²) in [6.07, 6.45) is 2.09. The second-order valence-electron chi connectivity index (χ2n) is 3.58. The number of hydrogen-bond acceptors (Lipinski definition) is 1. The van der Waals surface area contributed by atoms with Crippen molar-refractivity contribution < 1.29 is 0 Å². The molecule has 0 aliphatic heterocycles. The van der Waals surface area contributed by atoms with E-state index in [-0.39, 0.29) is 0 Å². The molecule has 14 heavy (non-hydrogen) atoms. The summed E-state index contributed by atoms with van der Waals surface area (Å²) < 4.78 is 1.99. The van der Waals surface area contributed by atoms with Gasteiger partial charge in [-0.15, -0.1) is 0 Å². The SMILES string of the molecule is Bc1cn(Cc2ccccc2)nc1C. The first-order valence-electron chi connectivity index (χ1n) is 4.80. The van der Waals surface area contributed by atoms with Crippen LogP contribution >= 0.6 is 0 Å². The summed E-state index contributed by atoms with van der Waals surface area (Å²) in [6, 6.07) is 10.4. The van der Waals surface area contributed by atoms with E-state index in [1.165, 1.54) is 11.0 Å². The largest absolute Gasteiger partial charge is 0.269 e. The van der Waals surface area contributed by atoms with Crippen LogP contribution in [0.4, 0.5) is 0 Å². The van der Waals surface area contributed by atoms with Crippen molar-refractivity contribution in [1.82, 2.24) is 9.78 Å². The average molecular weight is 184 g/mol. The summed E-state index contributed by atoms with van der Waals surface area (Å²) in [7, 11) is 2.09. The van der Waals surface area contributed by atoms with Gasteiger partial charge in [0.1, 0.15) is 7.85 Å². The molecule has 0 fully saturated rings. The quantitative estimate of drug-likeness (QED) is 0.621. The molecule has 2 rings (SSSR count). The lowest BCUT2D eigenvalue weighted by molar-refractivity contribution is 0.679. The highest BCUT2D eigenvalue weighted by Gasteiger charge is 1.99. The van der Waals surface area contributed by atoms with Crippen molar-refractivity contribution in [1.29, 1.82) is 0 Å². The van der Waals surface area contributed by atoms with E-state index >= 15 is 0 Å². The van der Waals surface area contributed by atoms with Crippen molar-refractivity contribution in [3.05, 3.63) is 47.8 Å². The van der Waals surface area contributed by atoms with Crippen molar-refractivity contribution in [2.45, 2.75) is 13.5 Å². The summed E-state index contributed by atoms with van der Waals surface area (Å²) >= 11 is 0. The minimum absolute atomic E-state index is 0.857. The zero-order chi connectivity index (χ0) is 9.97. The Labute approximate surface area is 85.0 Å². The fourth-order valence-electron chi connectivity index (χ4n) is 1.47. The lowest BCUT2D eigenvalue weighted by atomic mass is 9.98. The van der Waals surface area contributed by atoms with Crippen LogP contribution in [0.5, 0.6) is 0 Å². The van der Waals surface area contributed by atoms with E-state index in [1.54, 1.807) is 0 Å². The molecule has 70 valence electrons. The molecule has 2 nitrogen and oxygen atoms in total. The number of aromatic nitrogens is 2. The van der Waals surface area contributed by atoms with Gasteiger partial charge in [-0.3, -0.25) is 4.68 Å². The number of aryl methyl sites for hydroxylation is 1. The monoisotopic (exact) mass is 184 g/mol. The number of hydrogen-bond donors (Lipinski definition) is 0. The van der Waals surface area contributed by atoms with E-state index in [2.05, 4.69) is 43.4 Å². The molecule has 2 aromatic rings. The Morgan fingerprint density at radius 3 is 2.57 bits per heavy atom. The minimum atomic E-state index is 0.857. The van der Waals surface area contributed by atoms with E-state index < -0.39 is 0 Å². The third-order valence-electron chi connectivity index (χ3n) is 2.38. The van der Waals surface area contributed by atoms with Crippen LogP contribution < -0.4 is 5.46 Å². The number of benzene rings is 1. The summed E-state index contributed by atoms with van der Waals surface area (Å²) in [5.41, 5.74) is 3.65. The van der Waals surface area contributed by atoms with Gasteiger partial charge in [0.2, 0.25) is 0 Å². The van der Waals surface area contributed by atoms with E-state index in [0.717, 1.165) is 12.2 Å². The zero-order valence-corrected chi connectivity index (χ0v) is 8.57. The highest BCUT2D eigenvalue weighted by atomic mass is 15.3. The molecule has 1 heterocycles.